The molecule has 4 fully saturated rings. The van der Waals surface area contributed by atoms with Gasteiger partial charge in [-0.05, 0) is 64.2 Å². The lowest BCUT2D eigenvalue weighted by atomic mass is 9.32. The topological polar surface area (TPSA) is 53.3 Å². The van der Waals surface area contributed by atoms with E-state index in [4.69, 9.17) is 10.00 Å². The van der Waals surface area contributed by atoms with Gasteiger partial charge in [-0.15, -0.1) is 0 Å². The zero-order chi connectivity index (χ0) is 14.6. The van der Waals surface area contributed by atoms with Crippen LogP contribution in [0, 0.1) is 28.1 Å². The highest BCUT2D eigenvalue weighted by Gasteiger charge is 2.70. The molecule has 2 bridgehead atoms. The van der Waals surface area contributed by atoms with Gasteiger partial charge >= 0.3 is 6.09 Å². The van der Waals surface area contributed by atoms with Crippen molar-refractivity contribution in [1.82, 2.24) is 4.90 Å². The summed E-state index contributed by atoms with van der Waals surface area (Å²) in [5, 5.41) is 9.10. The lowest BCUT2D eigenvalue weighted by Crippen LogP contribution is -2.65. The average Bonchev–Trinajstić information content (AvgIpc) is 2.24. The Morgan fingerprint density at radius 3 is 2.25 bits per heavy atom. The number of nitriles is 1. The zero-order valence-electron chi connectivity index (χ0n) is 12.7. The Labute approximate surface area is 121 Å². The third-order valence-electron chi connectivity index (χ3n) is 5.32. The van der Waals surface area contributed by atoms with Crippen LogP contribution in [0.15, 0.2) is 0 Å². The number of carbonyl (C=O) groups is 1. The van der Waals surface area contributed by atoms with E-state index in [9.17, 15) is 4.79 Å². The highest BCUT2D eigenvalue weighted by atomic mass is 16.6. The number of hydrogen-bond donors (Lipinski definition) is 0. The number of likely N-dealkylation sites (tertiary alicyclic amines) is 1. The minimum atomic E-state index is -0.416. The van der Waals surface area contributed by atoms with Gasteiger partial charge < -0.3 is 9.64 Å². The molecule has 4 heteroatoms. The fourth-order valence-corrected chi connectivity index (χ4v) is 4.42. The molecule has 0 unspecified atom stereocenters. The summed E-state index contributed by atoms with van der Waals surface area (Å²) in [6.07, 6.45) is 5.28. The van der Waals surface area contributed by atoms with Gasteiger partial charge in [-0.1, -0.05) is 0 Å². The van der Waals surface area contributed by atoms with E-state index in [0.717, 1.165) is 45.2 Å². The average molecular weight is 276 g/mol. The van der Waals surface area contributed by atoms with E-state index >= 15 is 0 Å². The van der Waals surface area contributed by atoms with Crippen LogP contribution in [0.25, 0.3) is 0 Å². The number of carbonyl (C=O) groups excluding carboxylic acids is 1. The van der Waals surface area contributed by atoms with Crippen molar-refractivity contribution in [2.75, 3.05) is 13.1 Å². The molecule has 0 aromatic carbocycles. The molecular formula is C16H24N2O2. The Bertz CT molecular complexity index is 444. The first-order chi connectivity index (χ1) is 9.28. The predicted molar refractivity (Wildman–Crippen MR) is 74.9 cm³/mol. The maximum Gasteiger partial charge on any atom is 0.410 e. The van der Waals surface area contributed by atoms with Crippen molar-refractivity contribution in [3.05, 3.63) is 0 Å². The van der Waals surface area contributed by atoms with Crippen molar-refractivity contribution in [2.45, 2.75) is 58.5 Å². The SMILES string of the molecule is CC(C)(C)OC(=O)N1CCC(C23CC(C#N)(C2)C3)CC1. The number of piperidine rings is 1. The highest BCUT2D eigenvalue weighted by Crippen LogP contribution is 2.76. The number of nitrogens with zero attached hydrogens (tertiary/aromatic N) is 2. The van der Waals surface area contributed by atoms with Crippen LogP contribution in [0.3, 0.4) is 0 Å². The van der Waals surface area contributed by atoms with Crippen LogP contribution in [0.1, 0.15) is 52.9 Å². The van der Waals surface area contributed by atoms with Crippen LogP contribution in [0.2, 0.25) is 0 Å². The molecule has 0 spiro atoms. The second-order valence-corrected chi connectivity index (χ2v) is 8.03. The molecule has 4 nitrogen and oxygen atoms in total. The van der Waals surface area contributed by atoms with Crippen molar-refractivity contribution in [1.29, 1.82) is 5.26 Å². The molecule has 110 valence electrons. The van der Waals surface area contributed by atoms with E-state index < -0.39 is 5.60 Å². The minimum Gasteiger partial charge on any atom is -0.444 e. The van der Waals surface area contributed by atoms with E-state index in [-0.39, 0.29) is 11.5 Å². The normalized spacial score (nSPS) is 36.6. The van der Waals surface area contributed by atoms with Crippen molar-refractivity contribution in [2.24, 2.45) is 16.7 Å². The van der Waals surface area contributed by atoms with Gasteiger partial charge in [0, 0.05) is 13.1 Å². The summed E-state index contributed by atoms with van der Waals surface area (Å²) in [5.41, 5.74) is 0.0824. The summed E-state index contributed by atoms with van der Waals surface area (Å²) in [4.78, 5) is 13.9. The van der Waals surface area contributed by atoms with Crippen LogP contribution in [0.4, 0.5) is 4.79 Å². The van der Waals surface area contributed by atoms with E-state index in [1.807, 2.05) is 25.7 Å². The van der Waals surface area contributed by atoms with Gasteiger partial charge in [0.05, 0.1) is 11.5 Å². The molecule has 4 rings (SSSR count). The molecule has 4 aliphatic rings. The fourth-order valence-electron chi connectivity index (χ4n) is 4.42. The molecule has 0 aromatic rings. The minimum absolute atomic E-state index is 0.0439. The Morgan fingerprint density at radius 2 is 1.80 bits per heavy atom. The second-order valence-electron chi connectivity index (χ2n) is 8.03. The Hall–Kier alpha value is -1.24. The Morgan fingerprint density at radius 1 is 1.25 bits per heavy atom. The molecule has 0 atom stereocenters. The van der Waals surface area contributed by atoms with Crippen LogP contribution in [0.5, 0.6) is 0 Å². The zero-order valence-corrected chi connectivity index (χ0v) is 12.7. The van der Waals surface area contributed by atoms with Crippen molar-refractivity contribution in [3.63, 3.8) is 0 Å². The molecule has 0 aromatic heterocycles. The maximum atomic E-state index is 12.0. The largest absolute Gasteiger partial charge is 0.444 e. The van der Waals surface area contributed by atoms with Crippen molar-refractivity contribution >= 4 is 6.09 Å². The van der Waals surface area contributed by atoms with Crippen LogP contribution < -0.4 is 0 Å². The van der Waals surface area contributed by atoms with Crippen molar-refractivity contribution in [3.8, 4) is 6.07 Å². The lowest BCUT2D eigenvalue weighted by Gasteiger charge is -2.71. The number of amides is 1. The van der Waals surface area contributed by atoms with Gasteiger partial charge in [-0.3, -0.25) is 0 Å². The summed E-state index contributed by atoms with van der Waals surface area (Å²) in [6.45, 7) is 7.32. The molecule has 0 radical (unpaired) electrons. The van der Waals surface area contributed by atoms with E-state index in [2.05, 4.69) is 6.07 Å². The second kappa shape index (κ2) is 4.13. The quantitative estimate of drug-likeness (QED) is 0.738. The number of rotatable bonds is 1. The summed E-state index contributed by atoms with van der Waals surface area (Å²) in [6, 6.07) is 2.48. The van der Waals surface area contributed by atoms with E-state index in [0.29, 0.717) is 11.3 Å². The first kappa shape index (κ1) is 13.7. The molecule has 1 heterocycles. The van der Waals surface area contributed by atoms with Crippen LogP contribution in [-0.4, -0.2) is 29.7 Å². The van der Waals surface area contributed by atoms with Gasteiger partial charge in [0.2, 0.25) is 0 Å². The van der Waals surface area contributed by atoms with E-state index in [1.54, 1.807) is 0 Å². The van der Waals surface area contributed by atoms with Gasteiger partial charge in [-0.2, -0.15) is 5.26 Å². The summed E-state index contributed by atoms with van der Waals surface area (Å²) in [5.74, 6) is 0.705. The number of ether oxygens (including phenoxy) is 1. The third kappa shape index (κ3) is 2.08. The van der Waals surface area contributed by atoms with Gasteiger partial charge in [0.25, 0.3) is 0 Å². The molecular weight excluding hydrogens is 252 g/mol. The predicted octanol–water partition coefficient (Wildman–Crippen LogP) is 3.33. The van der Waals surface area contributed by atoms with Crippen molar-refractivity contribution < 1.29 is 9.53 Å². The molecule has 3 aliphatic carbocycles. The standard InChI is InChI=1S/C16H24N2O2/c1-14(2,3)20-13(19)18-6-4-12(5-7-18)16-8-15(9-16,10-16)11-17/h12H,4-10H2,1-3H3. The smallest absolute Gasteiger partial charge is 0.410 e. The number of hydrogen-bond acceptors (Lipinski definition) is 3. The Kier molecular flexibility index (Phi) is 2.83. The third-order valence-corrected chi connectivity index (χ3v) is 5.32. The lowest BCUT2D eigenvalue weighted by molar-refractivity contribution is -0.208. The van der Waals surface area contributed by atoms with Gasteiger partial charge in [0.15, 0.2) is 0 Å². The molecule has 1 amide bonds. The fraction of sp³-hybridized carbons (Fsp3) is 0.875. The summed E-state index contributed by atoms with van der Waals surface area (Å²) < 4.78 is 5.43. The summed E-state index contributed by atoms with van der Waals surface area (Å²) in [7, 11) is 0. The molecule has 20 heavy (non-hydrogen) atoms. The molecule has 3 saturated carbocycles. The van der Waals surface area contributed by atoms with Crippen LogP contribution in [-0.2, 0) is 4.74 Å². The molecule has 0 N–H and O–H groups in total. The molecule has 1 saturated heterocycles. The van der Waals surface area contributed by atoms with Crippen LogP contribution >= 0.6 is 0 Å². The van der Waals surface area contributed by atoms with Gasteiger partial charge in [-0.25, -0.2) is 4.79 Å². The maximum absolute atomic E-state index is 12.0. The first-order valence-electron chi connectivity index (χ1n) is 7.67. The van der Waals surface area contributed by atoms with E-state index in [1.165, 1.54) is 0 Å². The monoisotopic (exact) mass is 276 g/mol. The molecule has 1 aliphatic heterocycles. The Balaban J connectivity index is 1.49. The van der Waals surface area contributed by atoms with Gasteiger partial charge in [0.1, 0.15) is 5.60 Å². The first-order valence-corrected chi connectivity index (χ1v) is 7.67. The summed E-state index contributed by atoms with van der Waals surface area (Å²) >= 11 is 0. The highest BCUT2D eigenvalue weighted by molar-refractivity contribution is 5.68.